The van der Waals surface area contributed by atoms with E-state index in [2.05, 4.69) is 27.3 Å². The quantitative estimate of drug-likeness (QED) is 0.830. The van der Waals surface area contributed by atoms with Crippen LogP contribution >= 0.6 is 0 Å². The van der Waals surface area contributed by atoms with Gasteiger partial charge in [-0.1, -0.05) is 0 Å². The number of benzene rings is 1. The highest BCUT2D eigenvalue weighted by Crippen LogP contribution is 2.40. The van der Waals surface area contributed by atoms with E-state index in [1.54, 1.807) is 13.3 Å². The second-order valence-corrected chi connectivity index (χ2v) is 5.39. The molecule has 1 aromatic rings. The predicted octanol–water partition coefficient (Wildman–Crippen LogP) is 1.95. The fourth-order valence-electron chi connectivity index (χ4n) is 2.84. The molecule has 0 spiro atoms. The Hall–Kier alpha value is -2.48. The Kier molecular flexibility index (Phi) is 3.53. The maximum atomic E-state index is 9.42. The molecule has 1 aliphatic carbocycles. The van der Waals surface area contributed by atoms with Crippen molar-refractivity contribution in [1.82, 2.24) is 0 Å². The molecule has 108 valence electrons. The Morgan fingerprint density at radius 3 is 2.95 bits per heavy atom. The van der Waals surface area contributed by atoms with E-state index >= 15 is 0 Å². The van der Waals surface area contributed by atoms with E-state index in [0.29, 0.717) is 11.6 Å². The molecule has 5 heteroatoms. The Labute approximate surface area is 124 Å². The van der Waals surface area contributed by atoms with Crippen LogP contribution in [-0.4, -0.2) is 32.4 Å². The lowest BCUT2D eigenvalue weighted by atomic mass is 9.98. The van der Waals surface area contributed by atoms with Crippen molar-refractivity contribution >= 4 is 23.2 Å². The maximum absolute atomic E-state index is 9.42. The number of fused-ring (bicyclic) bond motifs is 1. The minimum Gasteiger partial charge on any atom is -0.404 e. The van der Waals surface area contributed by atoms with Crippen LogP contribution in [0.15, 0.2) is 23.3 Å². The minimum absolute atomic E-state index is 0.621. The fraction of sp³-hybridized carbons (Fsp3) is 0.375. The van der Waals surface area contributed by atoms with E-state index in [1.807, 2.05) is 6.07 Å². The largest absolute Gasteiger partial charge is 0.404 e. The lowest BCUT2D eigenvalue weighted by Gasteiger charge is -2.33. The first-order valence-corrected chi connectivity index (χ1v) is 7.21. The molecule has 0 unspecified atom stereocenters. The summed E-state index contributed by atoms with van der Waals surface area (Å²) < 4.78 is 0. The summed E-state index contributed by atoms with van der Waals surface area (Å²) in [5.74, 6) is 0. The number of aliphatic imine (C=N–C) groups is 1. The molecule has 3 rings (SSSR count). The van der Waals surface area contributed by atoms with E-state index in [0.717, 1.165) is 29.9 Å². The topological polar surface area (TPSA) is 77.4 Å². The van der Waals surface area contributed by atoms with Crippen LogP contribution in [0.4, 0.5) is 11.4 Å². The average Bonchev–Trinajstić information content (AvgIpc) is 3.35. The van der Waals surface area contributed by atoms with Crippen LogP contribution in [0.3, 0.4) is 0 Å². The third-order valence-electron chi connectivity index (χ3n) is 3.98. The van der Waals surface area contributed by atoms with Crippen molar-refractivity contribution in [2.24, 2.45) is 10.7 Å². The first-order valence-electron chi connectivity index (χ1n) is 7.21. The van der Waals surface area contributed by atoms with Crippen molar-refractivity contribution in [2.45, 2.75) is 18.9 Å². The number of nitrogens with two attached hydrogens (primary N) is 1. The molecule has 3 N–H and O–H groups in total. The average molecular weight is 281 g/mol. The van der Waals surface area contributed by atoms with Gasteiger partial charge in [-0.05, 0) is 25.0 Å². The van der Waals surface area contributed by atoms with Gasteiger partial charge in [0.15, 0.2) is 0 Å². The second kappa shape index (κ2) is 5.49. The smallest absolute Gasteiger partial charge is 0.0999 e. The zero-order chi connectivity index (χ0) is 14.8. The van der Waals surface area contributed by atoms with Crippen LogP contribution < -0.4 is 16.0 Å². The number of allylic oxidation sites excluding steroid dienone is 1. The molecule has 5 nitrogen and oxygen atoms in total. The maximum Gasteiger partial charge on any atom is 0.0999 e. The summed E-state index contributed by atoms with van der Waals surface area (Å²) in [6.45, 7) is 1.93. The van der Waals surface area contributed by atoms with Crippen LogP contribution in [0.2, 0.25) is 0 Å². The molecule has 2 aliphatic rings. The second-order valence-electron chi connectivity index (χ2n) is 5.39. The Morgan fingerprint density at radius 1 is 1.52 bits per heavy atom. The zero-order valence-electron chi connectivity index (χ0n) is 12.1. The molecule has 0 atom stereocenters. The third-order valence-corrected chi connectivity index (χ3v) is 3.98. The summed E-state index contributed by atoms with van der Waals surface area (Å²) in [5, 5.41) is 12.8. The first kappa shape index (κ1) is 13.5. The van der Waals surface area contributed by atoms with Gasteiger partial charge in [0.25, 0.3) is 0 Å². The minimum atomic E-state index is 0.621. The van der Waals surface area contributed by atoms with Gasteiger partial charge in [0, 0.05) is 49.7 Å². The molecule has 21 heavy (non-hydrogen) atoms. The van der Waals surface area contributed by atoms with Crippen molar-refractivity contribution in [3.63, 3.8) is 0 Å². The highest BCUT2D eigenvalue weighted by molar-refractivity contribution is 6.11. The van der Waals surface area contributed by atoms with Gasteiger partial charge in [-0.25, -0.2) is 0 Å². The van der Waals surface area contributed by atoms with Crippen LogP contribution in [-0.2, 0) is 0 Å². The van der Waals surface area contributed by atoms with Crippen molar-refractivity contribution in [2.75, 3.05) is 30.4 Å². The summed E-state index contributed by atoms with van der Waals surface area (Å²) in [5.41, 5.74) is 10.2. The summed E-state index contributed by atoms with van der Waals surface area (Å²) in [6, 6.07) is 6.90. The third kappa shape index (κ3) is 2.45. The Bertz CT molecular complexity index is 649. The number of nitrogens with one attached hydrogen (secondary N) is 1. The lowest BCUT2D eigenvalue weighted by Crippen LogP contribution is -2.35. The van der Waals surface area contributed by atoms with E-state index in [-0.39, 0.29) is 0 Å². The number of anilines is 2. The zero-order valence-corrected chi connectivity index (χ0v) is 12.1. The van der Waals surface area contributed by atoms with Gasteiger partial charge in [-0.15, -0.1) is 0 Å². The summed E-state index contributed by atoms with van der Waals surface area (Å²) in [6.07, 6.45) is 5.71. The molecule has 1 aliphatic heterocycles. The molecule has 1 heterocycles. The number of rotatable bonds is 3. The van der Waals surface area contributed by atoms with Gasteiger partial charge in [0.2, 0.25) is 0 Å². The van der Waals surface area contributed by atoms with Crippen molar-refractivity contribution in [3.8, 4) is 6.07 Å². The van der Waals surface area contributed by atoms with E-state index in [1.165, 1.54) is 24.7 Å². The van der Waals surface area contributed by atoms with E-state index < -0.39 is 0 Å². The molecule has 0 saturated heterocycles. The molecule has 0 amide bonds. The van der Waals surface area contributed by atoms with Crippen LogP contribution in [0, 0.1) is 11.3 Å². The van der Waals surface area contributed by atoms with Gasteiger partial charge in [-0.2, -0.15) is 5.26 Å². The number of nitrogens with zero attached hydrogens (tertiary/aromatic N) is 3. The molecule has 0 aromatic heterocycles. The molecular weight excluding hydrogens is 262 g/mol. The van der Waals surface area contributed by atoms with Crippen molar-refractivity contribution in [3.05, 3.63) is 29.5 Å². The molecule has 0 radical (unpaired) electrons. The molecule has 1 saturated carbocycles. The van der Waals surface area contributed by atoms with Gasteiger partial charge in [0.05, 0.1) is 23.0 Å². The lowest BCUT2D eigenvalue weighted by molar-refractivity contribution is 0.782. The molecular formula is C16H19N5. The summed E-state index contributed by atoms with van der Waals surface area (Å²) in [4.78, 5) is 6.46. The van der Waals surface area contributed by atoms with Crippen LogP contribution in [0.1, 0.15) is 24.0 Å². The Balaban J connectivity index is 2.12. The highest BCUT2D eigenvalue weighted by atomic mass is 15.2. The van der Waals surface area contributed by atoms with Gasteiger partial charge < -0.3 is 16.0 Å². The van der Waals surface area contributed by atoms with Gasteiger partial charge in [-0.3, -0.25) is 4.99 Å². The molecule has 1 fully saturated rings. The molecule has 0 bridgehead atoms. The number of nitriles is 1. The summed E-state index contributed by atoms with van der Waals surface area (Å²) in [7, 11) is 1.70. The summed E-state index contributed by atoms with van der Waals surface area (Å²) >= 11 is 0. The fourth-order valence-corrected chi connectivity index (χ4v) is 2.84. The molecule has 1 aromatic carbocycles. The van der Waals surface area contributed by atoms with Crippen LogP contribution in [0.5, 0.6) is 0 Å². The SMILES string of the molecule is CN=C/C(=C\N)c1cc2c(cc1C#N)NCCN2C1CC1. The highest BCUT2D eigenvalue weighted by Gasteiger charge is 2.32. The normalized spacial score (nSPS) is 18.3. The predicted molar refractivity (Wildman–Crippen MR) is 86.6 cm³/mol. The van der Waals surface area contributed by atoms with Crippen molar-refractivity contribution in [1.29, 1.82) is 5.26 Å². The van der Waals surface area contributed by atoms with E-state index in [9.17, 15) is 5.26 Å². The number of hydrogen-bond acceptors (Lipinski definition) is 5. The number of hydrogen-bond donors (Lipinski definition) is 2. The van der Waals surface area contributed by atoms with Gasteiger partial charge >= 0.3 is 0 Å². The van der Waals surface area contributed by atoms with Crippen molar-refractivity contribution < 1.29 is 0 Å². The monoisotopic (exact) mass is 281 g/mol. The van der Waals surface area contributed by atoms with E-state index in [4.69, 9.17) is 5.73 Å². The Morgan fingerprint density at radius 2 is 2.33 bits per heavy atom. The van der Waals surface area contributed by atoms with Crippen LogP contribution in [0.25, 0.3) is 5.57 Å². The van der Waals surface area contributed by atoms with Gasteiger partial charge in [0.1, 0.15) is 0 Å². The first-order chi connectivity index (χ1) is 10.3. The standard InChI is InChI=1S/C16H19N5/c1-19-10-12(9-18)14-7-16-15(6-11(14)8-17)20-4-5-21(16)13-2-3-13/h6-7,9-10,13,20H,2-5,18H2,1H3/b12-9+,19-10?.